The molecule has 8 heteroatoms. The highest BCUT2D eigenvalue weighted by atomic mass is 32.1. The number of carbonyl (C=O) groups excluding carboxylic acids is 1. The van der Waals surface area contributed by atoms with Crippen LogP contribution in [0.5, 0.6) is 5.75 Å². The molecule has 0 radical (unpaired) electrons. The number of rotatable bonds is 6. The quantitative estimate of drug-likeness (QED) is 0.528. The van der Waals surface area contributed by atoms with E-state index < -0.39 is 0 Å². The number of hydrogen-bond acceptors (Lipinski definition) is 7. The van der Waals surface area contributed by atoms with Crippen LogP contribution in [0.3, 0.4) is 0 Å². The number of ketones is 1. The van der Waals surface area contributed by atoms with Gasteiger partial charge in [0.05, 0.1) is 22.1 Å². The SMILES string of the molecule is CO[C@H]1CCC[C@@H](Oc2cc(F)ccc2Nc2ncnc3sc(C(C)=O)c(C)c23)C1. The Morgan fingerprint density at radius 2 is 2.07 bits per heavy atom. The van der Waals surface area contributed by atoms with Gasteiger partial charge in [0.25, 0.3) is 0 Å². The Morgan fingerprint density at radius 3 is 2.83 bits per heavy atom. The summed E-state index contributed by atoms with van der Waals surface area (Å²) in [6, 6.07) is 4.41. The number of methoxy groups -OCH3 is 1. The first-order valence-corrected chi connectivity index (χ1v) is 10.8. The number of ether oxygens (including phenoxy) is 2. The van der Waals surface area contributed by atoms with Gasteiger partial charge in [-0.25, -0.2) is 14.4 Å². The van der Waals surface area contributed by atoms with E-state index >= 15 is 0 Å². The molecular formula is C22H24FN3O3S. The third-order valence-corrected chi connectivity index (χ3v) is 6.75. The van der Waals surface area contributed by atoms with Gasteiger partial charge >= 0.3 is 0 Å². The Hall–Kier alpha value is -2.58. The molecule has 6 nitrogen and oxygen atoms in total. The molecule has 0 unspecified atom stereocenters. The van der Waals surface area contributed by atoms with Crippen LogP contribution in [0.4, 0.5) is 15.9 Å². The minimum Gasteiger partial charge on any atom is -0.488 e. The maximum atomic E-state index is 14.0. The number of carbonyl (C=O) groups is 1. The van der Waals surface area contributed by atoms with E-state index in [1.807, 2.05) is 6.92 Å². The summed E-state index contributed by atoms with van der Waals surface area (Å²) in [5.74, 6) is 0.629. The van der Waals surface area contributed by atoms with Gasteiger partial charge in [0.2, 0.25) is 0 Å². The fourth-order valence-electron chi connectivity index (χ4n) is 3.93. The molecule has 0 aliphatic heterocycles. The minimum atomic E-state index is -0.368. The predicted molar refractivity (Wildman–Crippen MR) is 116 cm³/mol. The number of anilines is 2. The molecule has 1 N–H and O–H groups in total. The maximum Gasteiger partial charge on any atom is 0.170 e. The van der Waals surface area contributed by atoms with Gasteiger partial charge in [-0.1, -0.05) is 0 Å². The summed E-state index contributed by atoms with van der Waals surface area (Å²) >= 11 is 1.35. The molecule has 0 amide bonds. The largest absolute Gasteiger partial charge is 0.488 e. The van der Waals surface area contributed by atoms with Crippen LogP contribution in [-0.2, 0) is 4.74 Å². The van der Waals surface area contributed by atoms with E-state index in [1.165, 1.54) is 29.8 Å². The van der Waals surface area contributed by atoms with E-state index in [1.54, 1.807) is 20.1 Å². The average molecular weight is 430 g/mol. The highest BCUT2D eigenvalue weighted by Gasteiger charge is 2.24. The van der Waals surface area contributed by atoms with Crippen molar-refractivity contribution in [3.63, 3.8) is 0 Å². The van der Waals surface area contributed by atoms with E-state index in [-0.39, 0.29) is 23.8 Å². The van der Waals surface area contributed by atoms with Crippen molar-refractivity contribution < 1.29 is 18.7 Å². The van der Waals surface area contributed by atoms with Crippen molar-refractivity contribution in [2.75, 3.05) is 12.4 Å². The molecule has 1 saturated carbocycles. The molecule has 30 heavy (non-hydrogen) atoms. The molecule has 1 aromatic carbocycles. The van der Waals surface area contributed by atoms with Crippen molar-refractivity contribution in [2.45, 2.75) is 51.7 Å². The van der Waals surface area contributed by atoms with Crippen LogP contribution in [0.2, 0.25) is 0 Å². The number of aromatic nitrogens is 2. The lowest BCUT2D eigenvalue weighted by Crippen LogP contribution is -2.29. The van der Waals surface area contributed by atoms with Gasteiger partial charge < -0.3 is 14.8 Å². The molecule has 0 spiro atoms. The second-order valence-electron chi connectivity index (χ2n) is 7.54. The summed E-state index contributed by atoms with van der Waals surface area (Å²) in [5.41, 5.74) is 1.45. The molecule has 2 aromatic heterocycles. The lowest BCUT2D eigenvalue weighted by molar-refractivity contribution is 0.0211. The van der Waals surface area contributed by atoms with Gasteiger partial charge in [-0.15, -0.1) is 11.3 Å². The average Bonchev–Trinajstić information content (AvgIpc) is 3.08. The number of nitrogens with zero attached hydrogens (tertiary/aromatic N) is 2. The minimum absolute atomic E-state index is 0.00255. The van der Waals surface area contributed by atoms with Gasteiger partial charge in [0, 0.05) is 19.6 Å². The maximum absolute atomic E-state index is 14.0. The molecule has 0 bridgehead atoms. The van der Waals surface area contributed by atoms with Crippen molar-refractivity contribution in [1.29, 1.82) is 0 Å². The van der Waals surface area contributed by atoms with Crippen LogP contribution in [0.1, 0.15) is 47.8 Å². The van der Waals surface area contributed by atoms with Crippen LogP contribution in [0.25, 0.3) is 10.2 Å². The summed E-state index contributed by atoms with van der Waals surface area (Å²) in [6.07, 6.45) is 5.28. The molecule has 3 aromatic rings. The van der Waals surface area contributed by atoms with E-state index in [0.29, 0.717) is 22.1 Å². The lowest BCUT2D eigenvalue weighted by atomic mass is 9.95. The Morgan fingerprint density at radius 1 is 1.27 bits per heavy atom. The number of benzene rings is 1. The van der Waals surface area contributed by atoms with Gasteiger partial charge in [0.1, 0.15) is 34.6 Å². The van der Waals surface area contributed by atoms with Crippen LogP contribution >= 0.6 is 11.3 Å². The van der Waals surface area contributed by atoms with Crippen LogP contribution < -0.4 is 10.1 Å². The number of nitrogens with one attached hydrogen (secondary N) is 1. The zero-order valence-electron chi connectivity index (χ0n) is 17.2. The number of hydrogen-bond donors (Lipinski definition) is 1. The third-order valence-electron chi connectivity index (χ3n) is 5.45. The van der Waals surface area contributed by atoms with Crippen molar-refractivity contribution in [3.8, 4) is 5.75 Å². The molecule has 1 fully saturated rings. The first-order valence-electron chi connectivity index (χ1n) is 9.97. The van der Waals surface area contributed by atoms with E-state index in [2.05, 4.69) is 15.3 Å². The lowest BCUT2D eigenvalue weighted by Gasteiger charge is -2.29. The zero-order chi connectivity index (χ0) is 21.3. The van der Waals surface area contributed by atoms with E-state index in [4.69, 9.17) is 9.47 Å². The predicted octanol–water partition coefficient (Wildman–Crippen LogP) is 5.42. The van der Waals surface area contributed by atoms with Crippen molar-refractivity contribution >= 4 is 38.8 Å². The number of fused-ring (bicyclic) bond motifs is 1. The van der Waals surface area contributed by atoms with Gasteiger partial charge in [0.15, 0.2) is 5.78 Å². The van der Waals surface area contributed by atoms with E-state index in [9.17, 15) is 9.18 Å². The Kier molecular flexibility index (Phi) is 5.97. The number of thiophene rings is 1. The summed E-state index contributed by atoms with van der Waals surface area (Å²) in [4.78, 5) is 22.0. The number of aryl methyl sites for hydroxylation is 1. The molecule has 2 heterocycles. The highest BCUT2D eigenvalue weighted by Crippen LogP contribution is 2.37. The molecule has 158 valence electrons. The monoisotopic (exact) mass is 429 g/mol. The molecular weight excluding hydrogens is 405 g/mol. The molecule has 1 aliphatic carbocycles. The fraction of sp³-hybridized carbons (Fsp3) is 0.409. The third kappa shape index (κ3) is 4.15. The van der Waals surface area contributed by atoms with Crippen LogP contribution in [-0.4, -0.2) is 35.1 Å². The topological polar surface area (TPSA) is 73.3 Å². The van der Waals surface area contributed by atoms with Gasteiger partial charge in [-0.05, 0) is 50.8 Å². The summed E-state index contributed by atoms with van der Waals surface area (Å²) in [5, 5.41) is 4.06. The molecule has 1 aliphatic rings. The molecule has 0 saturated heterocycles. The standard InChI is InChI=1S/C22H24FN3O3S/c1-12-19-21(24-11-25-22(19)30-20(12)13(2)27)26-17-8-7-14(23)9-18(17)29-16-6-4-5-15(10-16)28-3/h7-9,11,15-16H,4-6,10H2,1-3H3,(H,24,25,26)/t15-,16+/m0/s1. The van der Waals surface area contributed by atoms with Crippen molar-refractivity contribution in [1.82, 2.24) is 9.97 Å². The van der Waals surface area contributed by atoms with Gasteiger partial charge in [-0.3, -0.25) is 4.79 Å². The van der Waals surface area contributed by atoms with E-state index in [0.717, 1.165) is 41.5 Å². The first kappa shape index (κ1) is 20.7. The van der Waals surface area contributed by atoms with Crippen LogP contribution in [0, 0.1) is 12.7 Å². The summed E-state index contributed by atoms with van der Waals surface area (Å²) in [7, 11) is 1.71. The highest BCUT2D eigenvalue weighted by molar-refractivity contribution is 7.20. The van der Waals surface area contributed by atoms with Crippen molar-refractivity contribution in [2.24, 2.45) is 0 Å². The van der Waals surface area contributed by atoms with Gasteiger partial charge in [-0.2, -0.15) is 0 Å². The zero-order valence-corrected chi connectivity index (χ0v) is 18.0. The summed E-state index contributed by atoms with van der Waals surface area (Å²) in [6.45, 7) is 3.43. The Labute approximate surface area is 178 Å². The van der Waals surface area contributed by atoms with Crippen molar-refractivity contribution in [3.05, 3.63) is 40.8 Å². The van der Waals surface area contributed by atoms with Crippen LogP contribution in [0.15, 0.2) is 24.5 Å². The summed E-state index contributed by atoms with van der Waals surface area (Å²) < 4.78 is 25.7. The Bertz CT molecular complexity index is 1080. The second kappa shape index (κ2) is 8.65. The number of halogens is 1. The fourth-order valence-corrected chi connectivity index (χ4v) is 4.97. The normalized spacial score (nSPS) is 19.1. The first-order chi connectivity index (χ1) is 14.5. The molecule has 2 atom stereocenters. The smallest absolute Gasteiger partial charge is 0.170 e. The second-order valence-corrected chi connectivity index (χ2v) is 8.54. The molecule has 4 rings (SSSR count). The number of Topliss-reactive ketones (excluding diaryl/α,β-unsaturated/α-hetero) is 1. The Balaban J connectivity index is 1.66.